The van der Waals surface area contributed by atoms with Crippen molar-refractivity contribution in [3.05, 3.63) is 29.8 Å². The zero-order chi connectivity index (χ0) is 25.2. The highest BCUT2D eigenvalue weighted by atomic mass is 19.3. The number of likely N-dealkylation sites (tertiary alicyclic amines) is 1. The van der Waals surface area contributed by atoms with Gasteiger partial charge in [0.2, 0.25) is 0 Å². The van der Waals surface area contributed by atoms with Crippen molar-refractivity contribution >= 4 is 0 Å². The predicted octanol–water partition coefficient (Wildman–Crippen LogP) is 6.55. The van der Waals surface area contributed by atoms with Crippen LogP contribution < -0.4 is 4.74 Å². The first-order chi connectivity index (χ1) is 18.0. The summed E-state index contributed by atoms with van der Waals surface area (Å²) in [4.78, 5) is 14.5. The largest absolute Gasteiger partial charge is 0.494 e. The topological polar surface area (TPSA) is 62.4 Å². The molecule has 1 aromatic rings. The number of alkyl halides is 2. The Balaban J connectivity index is 0.00000294. The van der Waals surface area contributed by atoms with Gasteiger partial charge in [0.15, 0.2) is 0 Å². The zero-order valence-corrected chi connectivity index (χ0v) is 22.8. The average Bonchev–Trinajstić information content (AvgIpc) is 3.12. The normalized spacial score (nSPS) is 36.4. The lowest BCUT2D eigenvalue weighted by Crippen LogP contribution is -2.41. The van der Waals surface area contributed by atoms with E-state index in [1.165, 1.54) is 44.1 Å². The number of rotatable bonds is 9. The van der Waals surface area contributed by atoms with Gasteiger partial charge in [0.25, 0.3) is 5.92 Å². The molecular weight excluding hydrogens is 488 g/mol. The molecule has 4 bridgehead atoms. The van der Waals surface area contributed by atoms with E-state index in [0.29, 0.717) is 31.7 Å². The third-order valence-electron chi connectivity index (χ3n) is 10.3. The maximum atomic E-state index is 13.3. The predicted molar refractivity (Wildman–Crippen MR) is 143 cm³/mol. The van der Waals surface area contributed by atoms with Crippen LogP contribution in [0.4, 0.5) is 8.78 Å². The average molecular weight is 536 g/mol. The van der Waals surface area contributed by atoms with E-state index >= 15 is 0 Å². The van der Waals surface area contributed by atoms with Crippen molar-refractivity contribution in [1.29, 1.82) is 0 Å². The molecule has 1 heterocycles. The number of benzene rings is 1. The Morgan fingerprint density at radius 2 is 1.50 bits per heavy atom. The molecule has 1 aliphatic heterocycles. The number of hydrogen-bond donors (Lipinski definition) is 0. The maximum absolute atomic E-state index is 13.3. The summed E-state index contributed by atoms with van der Waals surface area (Å²) in [6, 6.07) is 8.58. The van der Waals surface area contributed by atoms with Gasteiger partial charge in [-0.1, -0.05) is 18.6 Å². The number of nitrogens with zero attached hydrogens (tertiary/aromatic N) is 1. The van der Waals surface area contributed by atoms with Gasteiger partial charge >= 0.3 is 0 Å². The second-order valence-electron chi connectivity index (χ2n) is 12.9. The smallest absolute Gasteiger partial charge is 0.250 e. The fourth-order valence-corrected chi connectivity index (χ4v) is 8.20. The van der Waals surface area contributed by atoms with Crippen molar-refractivity contribution in [2.75, 3.05) is 26.2 Å². The Morgan fingerprint density at radius 3 is 2.26 bits per heavy atom. The third kappa shape index (κ3) is 6.89. The molecule has 7 heteroatoms. The van der Waals surface area contributed by atoms with Gasteiger partial charge in [-0.3, -0.25) is 0 Å². The molecule has 38 heavy (non-hydrogen) atoms. The first-order valence-corrected chi connectivity index (χ1v) is 15.2. The zero-order valence-electron chi connectivity index (χ0n) is 22.8. The minimum Gasteiger partial charge on any atom is -0.494 e. The van der Waals surface area contributed by atoms with Gasteiger partial charge in [0.1, 0.15) is 5.75 Å². The number of fused-ring (bicyclic) bond motifs is 1. The lowest BCUT2D eigenvalue weighted by Gasteiger charge is -2.43. The Bertz CT molecular complexity index is 857. The Morgan fingerprint density at radius 1 is 0.789 bits per heavy atom. The lowest BCUT2D eigenvalue weighted by atomic mass is 9.66. The summed E-state index contributed by atoms with van der Waals surface area (Å²) in [6.07, 6.45) is 14.2. The van der Waals surface area contributed by atoms with Gasteiger partial charge < -0.3 is 15.1 Å². The Labute approximate surface area is 226 Å². The molecule has 1 aromatic carbocycles. The van der Waals surface area contributed by atoms with Crippen LogP contribution in [0.25, 0.3) is 0 Å². The number of hydrogen-bond acceptors (Lipinski definition) is 4. The summed E-state index contributed by atoms with van der Waals surface area (Å²) in [7, 11) is 0. The Kier molecular flexibility index (Phi) is 9.29. The number of halogens is 2. The molecule has 0 aromatic heterocycles. The van der Waals surface area contributed by atoms with E-state index in [1.807, 2.05) is 0 Å². The van der Waals surface area contributed by atoms with Gasteiger partial charge in [-0.25, -0.2) is 18.6 Å². The molecule has 1 saturated heterocycles. The van der Waals surface area contributed by atoms with Gasteiger partial charge in [0.05, 0.1) is 18.8 Å². The molecule has 5 atom stereocenters. The summed E-state index contributed by atoms with van der Waals surface area (Å²) in [5.74, 6) is 2.38. The molecule has 6 aliphatic rings. The van der Waals surface area contributed by atoms with E-state index < -0.39 is 5.92 Å². The van der Waals surface area contributed by atoms with Gasteiger partial charge in [-0.15, -0.1) is 0 Å². The van der Waals surface area contributed by atoms with E-state index in [9.17, 15) is 8.78 Å². The van der Waals surface area contributed by atoms with E-state index in [-0.39, 0.29) is 24.4 Å². The molecule has 6 fully saturated rings. The van der Waals surface area contributed by atoms with Crippen molar-refractivity contribution in [2.45, 2.75) is 108 Å². The quantitative estimate of drug-likeness (QED) is 0.204. The van der Waals surface area contributed by atoms with E-state index in [2.05, 4.69) is 29.2 Å². The molecule has 5 aliphatic carbocycles. The van der Waals surface area contributed by atoms with Crippen molar-refractivity contribution in [2.24, 2.45) is 23.7 Å². The SMILES string of the molecule is FC1(F)CCN(CCCOc2ccc(C3CCC(OO[C@H]4C5CCC6CC(C5)CC4C6)CC3)cc2)CC1.O. The summed E-state index contributed by atoms with van der Waals surface area (Å²) >= 11 is 0. The minimum absolute atomic E-state index is 0. The summed E-state index contributed by atoms with van der Waals surface area (Å²) in [5, 5.41) is 0. The van der Waals surface area contributed by atoms with Crippen LogP contribution in [-0.2, 0) is 9.78 Å². The fourth-order valence-electron chi connectivity index (χ4n) is 8.20. The van der Waals surface area contributed by atoms with Gasteiger partial charge in [-0.2, -0.15) is 0 Å². The Hall–Kier alpha value is -1.28. The molecule has 214 valence electrons. The molecule has 5 nitrogen and oxygen atoms in total. The highest BCUT2D eigenvalue weighted by Crippen LogP contribution is 2.52. The van der Waals surface area contributed by atoms with Crippen LogP contribution in [0.2, 0.25) is 0 Å². The third-order valence-corrected chi connectivity index (χ3v) is 10.3. The van der Waals surface area contributed by atoms with Crippen LogP contribution in [0.5, 0.6) is 5.75 Å². The van der Waals surface area contributed by atoms with Gasteiger partial charge in [-0.05, 0) is 111 Å². The molecular formula is C31H47F2NO4. The van der Waals surface area contributed by atoms with E-state index in [4.69, 9.17) is 14.5 Å². The molecule has 7 rings (SSSR count). The molecule has 4 unspecified atom stereocenters. The lowest BCUT2D eigenvalue weighted by molar-refractivity contribution is -0.376. The second-order valence-corrected chi connectivity index (χ2v) is 12.9. The summed E-state index contributed by atoms with van der Waals surface area (Å²) < 4.78 is 32.5. The number of ether oxygens (including phenoxy) is 1. The van der Waals surface area contributed by atoms with Crippen molar-refractivity contribution in [3.63, 3.8) is 0 Å². The minimum atomic E-state index is -2.47. The standard InChI is InChI=1S/C31H45F2NO3.H2O/c32-31(33)12-15-34(16-13-31)14-1-17-35-28-8-4-24(5-9-28)25-6-10-29(11-7-25)36-37-30-26-3-2-22-18-23(20-26)21-27(30)19-22;/h4-5,8-9,22-23,25-27,29-30H,1-3,6-7,10-21H2;1H2/t22?,23?,25?,26?,27?,29?,30-;/m0./s1. The molecule has 0 amide bonds. The van der Waals surface area contributed by atoms with Crippen molar-refractivity contribution in [3.8, 4) is 5.75 Å². The fraction of sp³-hybridized carbons (Fsp3) is 0.806. The summed E-state index contributed by atoms with van der Waals surface area (Å²) in [6.45, 7) is 2.43. The molecule has 0 spiro atoms. The molecule has 0 radical (unpaired) electrons. The first kappa shape index (κ1) is 28.3. The highest BCUT2D eigenvalue weighted by Gasteiger charge is 2.47. The summed E-state index contributed by atoms with van der Waals surface area (Å²) in [5.41, 5.74) is 1.39. The highest BCUT2D eigenvalue weighted by molar-refractivity contribution is 5.29. The second kappa shape index (κ2) is 12.5. The van der Waals surface area contributed by atoms with Crippen molar-refractivity contribution < 1.29 is 28.8 Å². The van der Waals surface area contributed by atoms with E-state index in [0.717, 1.165) is 68.1 Å². The monoisotopic (exact) mass is 535 g/mol. The van der Waals surface area contributed by atoms with Crippen LogP contribution in [0.1, 0.15) is 95.0 Å². The van der Waals surface area contributed by atoms with Crippen LogP contribution in [0, 0.1) is 23.7 Å². The maximum Gasteiger partial charge on any atom is 0.250 e. The molecule has 5 saturated carbocycles. The molecule has 2 N–H and O–H groups in total. The van der Waals surface area contributed by atoms with E-state index in [1.54, 1.807) is 0 Å². The van der Waals surface area contributed by atoms with Crippen molar-refractivity contribution in [1.82, 2.24) is 4.90 Å². The van der Waals surface area contributed by atoms with Crippen LogP contribution in [0.15, 0.2) is 24.3 Å². The van der Waals surface area contributed by atoms with Crippen LogP contribution in [-0.4, -0.2) is 54.7 Å². The van der Waals surface area contributed by atoms with Crippen LogP contribution in [0.3, 0.4) is 0 Å². The number of piperidine rings is 1. The van der Waals surface area contributed by atoms with Crippen LogP contribution >= 0.6 is 0 Å². The first-order valence-electron chi connectivity index (χ1n) is 15.2. The van der Waals surface area contributed by atoms with Gasteiger partial charge in [0, 0.05) is 32.5 Å².